The number of carbonyl (C=O) groups is 1. The lowest BCUT2D eigenvalue weighted by Crippen LogP contribution is -2.22. The molecule has 0 aliphatic heterocycles. The number of nitro benzene ring substituents is 1. The van der Waals surface area contributed by atoms with Crippen LogP contribution in [-0.2, 0) is 4.79 Å². The maximum atomic E-state index is 11.7. The summed E-state index contributed by atoms with van der Waals surface area (Å²) < 4.78 is 0. The van der Waals surface area contributed by atoms with Crippen LogP contribution in [0.1, 0.15) is 38.7 Å². The van der Waals surface area contributed by atoms with Gasteiger partial charge in [-0.05, 0) is 16.9 Å². The van der Waals surface area contributed by atoms with E-state index < -0.39 is 4.92 Å². The van der Waals surface area contributed by atoms with Crippen molar-refractivity contribution in [1.82, 2.24) is 0 Å². The molecular weight excluding hydrogens is 310 g/mol. The number of ketones is 1. The first kappa shape index (κ1) is 15.8. The van der Waals surface area contributed by atoms with Crippen LogP contribution in [0, 0.1) is 15.5 Å². The van der Waals surface area contributed by atoms with Crippen molar-refractivity contribution < 1.29 is 9.72 Å². The number of nitro groups is 1. The van der Waals surface area contributed by atoms with Crippen LogP contribution in [0.15, 0.2) is 24.3 Å². The Morgan fingerprint density at radius 1 is 1.32 bits per heavy atom. The van der Waals surface area contributed by atoms with Crippen molar-refractivity contribution in [2.45, 2.75) is 33.1 Å². The second-order valence-corrected chi connectivity index (χ2v) is 6.20. The third kappa shape index (κ3) is 4.42. The SMILES string of the molecule is CC(C)(C)[C@H](CC(=O)CBr)c1ccc([N+](=O)[O-])cc1. The van der Waals surface area contributed by atoms with E-state index in [1.54, 1.807) is 12.1 Å². The van der Waals surface area contributed by atoms with Gasteiger partial charge in [0.25, 0.3) is 5.69 Å². The zero-order valence-corrected chi connectivity index (χ0v) is 12.9. The van der Waals surface area contributed by atoms with Crippen molar-refractivity contribution in [3.63, 3.8) is 0 Å². The van der Waals surface area contributed by atoms with Gasteiger partial charge >= 0.3 is 0 Å². The van der Waals surface area contributed by atoms with Gasteiger partial charge in [0.1, 0.15) is 5.78 Å². The molecule has 0 aliphatic carbocycles. The monoisotopic (exact) mass is 327 g/mol. The van der Waals surface area contributed by atoms with Crippen molar-refractivity contribution in [3.8, 4) is 0 Å². The lowest BCUT2D eigenvalue weighted by Gasteiger charge is -2.30. The minimum Gasteiger partial charge on any atom is -0.299 e. The predicted octanol–water partition coefficient (Wildman–Crippen LogP) is 4.08. The van der Waals surface area contributed by atoms with Crippen molar-refractivity contribution in [1.29, 1.82) is 0 Å². The summed E-state index contributed by atoms with van der Waals surface area (Å²) in [4.78, 5) is 21.9. The summed E-state index contributed by atoms with van der Waals surface area (Å²) in [5, 5.41) is 11.0. The molecule has 0 amide bonds. The second-order valence-electron chi connectivity index (χ2n) is 5.64. The normalized spacial score (nSPS) is 13.1. The Hall–Kier alpha value is -1.23. The van der Waals surface area contributed by atoms with Crippen LogP contribution < -0.4 is 0 Å². The smallest absolute Gasteiger partial charge is 0.269 e. The zero-order valence-electron chi connectivity index (χ0n) is 11.4. The molecule has 0 radical (unpaired) electrons. The van der Waals surface area contributed by atoms with E-state index in [0.29, 0.717) is 11.8 Å². The van der Waals surface area contributed by atoms with Gasteiger partial charge in [0, 0.05) is 18.6 Å². The van der Waals surface area contributed by atoms with Crippen LogP contribution in [0.5, 0.6) is 0 Å². The summed E-state index contributed by atoms with van der Waals surface area (Å²) in [7, 11) is 0. The molecule has 5 heteroatoms. The summed E-state index contributed by atoms with van der Waals surface area (Å²) in [6, 6.07) is 6.48. The molecule has 0 aliphatic rings. The van der Waals surface area contributed by atoms with Gasteiger partial charge < -0.3 is 0 Å². The lowest BCUT2D eigenvalue weighted by atomic mass is 9.74. The largest absolute Gasteiger partial charge is 0.299 e. The Bertz CT molecular complexity index is 463. The Labute approximate surface area is 121 Å². The summed E-state index contributed by atoms with van der Waals surface area (Å²) >= 11 is 3.17. The van der Waals surface area contributed by atoms with Crippen molar-refractivity contribution in [3.05, 3.63) is 39.9 Å². The van der Waals surface area contributed by atoms with E-state index in [1.807, 2.05) is 0 Å². The number of hydrogen-bond acceptors (Lipinski definition) is 3. The fourth-order valence-electron chi connectivity index (χ4n) is 2.03. The molecule has 0 fully saturated rings. The number of rotatable bonds is 5. The topological polar surface area (TPSA) is 60.2 Å². The second kappa shape index (κ2) is 6.28. The Morgan fingerprint density at radius 3 is 2.21 bits per heavy atom. The molecule has 1 aromatic rings. The first-order chi connectivity index (χ1) is 8.75. The summed E-state index contributed by atoms with van der Waals surface area (Å²) in [6.45, 7) is 6.21. The Balaban J connectivity index is 3.04. The van der Waals surface area contributed by atoms with Crippen LogP contribution >= 0.6 is 15.9 Å². The van der Waals surface area contributed by atoms with E-state index in [9.17, 15) is 14.9 Å². The third-order valence-corrected chi connectivity index (χ3v) is 3.76. The minimum absolute atomic E-state index is 0.0540. The van der Waals surface area contributed by atoms with Crippen LogP contribution in [0.2, 0.25) is 0 Å². The number of hydrogen-bond donors (Lipinski definition) is 0. The lowest BCUT2D eigenvalue weighted by molar-refractivity contribution is -0.384. The molecule has 19 heavy (non-hydrogen) atoms. The molecule has 104 valence electrons. The zero-order chi connectivity index (χ0) is 14.6. The van der Waals surface area contributed by atoms with Crippen LogP contribution in [-0.4, -0.2) is 16.0 Å². The minimum atomic E-state index is -0.417. The van der Waals surface area contributed by atoms with Gasteiger partial charge in [-0.25, -0.2) is 0 Å². The van der Waals surface area contributed by atoms with Crippen molar-refractivity contribution in [2.75, 3.05) is 5.33 Å². The van der Waals surface area contributed by atoms with E-state index in [2.05, 4.69) is 36.7 Å². The molecule has 0 unspecified atom stereocenters. The molecule has 0 saturated carbocycles. The molecule has 0 spiro atoms. The molecule has 0 N–H and O–H groups in total. The van der Waals surface area contributed by atoms with Gasteiger partial charge in [0.15, 0.2) is 0 Å². The highest BCUT2D eigenvalue weighted by molar-refractivity contribution is 9.09. The average molecular weight is 328 g/mol. The predicted molar refractivity (Wildman–Crippen MR) is 78.7 cm³/mol. The van der Waals surface area contributed by atoms with Crippen LogP contribution in [0.4, 0.5) is 5.69 Å². The molecule has 0 heterocycles. The fourth-order valence-corrected chi connectivity index (χ4v) is 2.26. The molecule has 0 bridgehead atoms. The van der Waals surface area contributed by atoms with Crippen molar-refractivity contribution in [2.24, 2.45) is 5.41 Å². The number of Topliss-reactive ketones (excluding diaryl/α,β-unsaturated/α-hetero) is 1. The first-order valence-electron chi connectivity index (χ1n) is 6.07. The van der Waals surface area contributed by atoms with E-state index in [0.717, 1.165) is 5.56 Å². The number of benzene rings is 1. The average Bonchev–Trinajstić information content (AvgIpc) is 2.34. The maximum Gasteiger partial charge on any atom is 0.269 e. The fraction of sp³-hybridized carbons (Fsp3) is 0.500. The van der Waals surface area contributed by atoms with Crippen LogP contribution in [0.25, 0.3) is 0 Å². The molecular formula is C14H18BrNO3. The molecule has 1 rings (SSSR count). The van der Waals surface area contributed by atoms with E-state index in [4.69, 9.17) is 0 Å². The molecule has 4 nitrogen and oxygen atoms in total. The number of non-ortho nitro benzene ring substituents is 1. The van der Waals surface area contributed by atoms with Gasteiger partial charge in [0.2, 0.25) is 0 Å². The van der Waals surface area contributed by atoms with Gasteiger partial charge in [-0.15, -0.1) is 0 Å². The number of carbonyl (C=O) groups excluding carboxylic acids is 1. The van der Waals surface area contributed by atoms with E-state index in [-0.39, 0.29) is 22.8 Å². The highest BCUT2D eigenvalue weighted by atomic mass is 79.9. The number of nitrogens with zero attached hydrogens (tertiary/aromatic N) is 1. The standard InChI is InChI=1S/C14H18BrNO3/c1-14(2,3)13(8-12(17)9-15)10-4-6-11(7-5-10)16(18)19/h4-7,13H,8-9H2,1-3H3/t13-/m1/s1. The van der Waals surface area contributed by atoms with E-state index in [1.165, 1.54) is 12.1 Å². The van der Waals surface area contributed by atoms with Crippen LogP contribution in [0.3, 0.4) is 0 Å². The molecule has 0 aromatic heterocycles. The molecule has 1 atom stereocenters. The highest BCUT2D eigenvalue weighted by Crippen LogP contribution is 2.38. The van der Waals surface area contributed by atoms with Crippen molar-refractivity contribution >= 4 is 27.4 Å². The number of halogens is 1. The van der Waals surface area contributed by atoms with Gasteiger partial charge in [-0.1, -0.05) is 48.8 Å². The van der Waals surface area contributed by atoms with Gasteiger partial charge in [-0.2, -0.15) is 0 Å². The first-order valence-corrected chi connectivity index (χ1v) is 7.20. The van der Waals surface area contributed by atoms with E-state index >= 15 is 0 Å². The Kier molecular flexibility index (Phi) is 5.23. The maximum absolute atomic E-state index is 11.7. The molecule has 0 saturated heterocycles. The Morgan fingerprint density at radius 2 is 1.84 bits per heavy atom. The third-order valence-electron chi connectivity index (χ3n) is 3.13. The van der Waals surface area contributed by atoms with Gasteiger partial charge in [0.05, 0.1) is 10.3 Å². The summed E-state index contributed by atoms with van der Waals surface area (Å²) in [5.74, 6) is 0.191. The quantitative estimate of drug-likeness (QED) is 0.465. The number of alkyl halides is 1. The summed E-state index contributed by atoms with van der Waals surface area (Å²) in [6.07, 6.45) is 0.437. The molecule has 1 aromatic carbocycles. The van der Waals surface area contributed by atoms with Gasteiger partial charge in [-0.3, -0.25) is 14.9 Å². The highest BCUT2D eigenvalue weighted by Gasteiger charge is 2.28. The summed E-state index contributed by atoms with van der Waals surface area (Å²) in [5.41, 5.74) is 0.962.